The monoisotopic (exact) mass is 1060 g/mol. The summed E-state index contributed by atoms with van der Waals surface area (Å²) in [5.41, 5.74) is 4.81. The number of Topliss-reactive ketones (excluding diaryl/α,β-unsaturated/α-hetero) is 1. The maximum atomic E-state index is 14.5. The van der Waals surface area contributed by atoms with Crippen LogP contribution in [-0.2, 0) is 33.2 Å². The average Bonchev–Trinajstić information content (AvgIpc) is 3.36. The number of esters is 1. The molecule has 0 bridgehead atoms. The van der Waals surface area contributed by atoms with Crippen molar-refractivity contribution in [2.24, 2.45) is 29.3 Å². The molecular weight excluding hydrogens is 967 g/mol. The standard InChI is InChI=1S/C55H91N7O13/c1-14-44-55(10,69)48(65)36(6)61(12)29-32(2)25-53(8,68)50(34(4)47(35(5)51(67)73-44)74-45-26-54(9,70-13)49(66)37(7)72-45)75-52-46(64)42(24-33(3)71-52)60(11)23-21-41(56)30-62(57)22-15-16-43(63)39-19-17-38(18-20-39)40-27-58-31-59-28-40/h17-20,27-28,30-37,42,44-50,52,64-66,68-69H,14-16,21-26,29,56-57H2,1-13H3/b41-30-/t32-,33-,34+,35-,36-,37+,42+,44-,45+,46-,47+,48-,49+,50-,52+,53-,54-,55-/m1/s1. The minimum absolute atomic E-state index is 0.00222. The number of ether oxygens (including phenoxy) is 6. The average molecular weight is 1060 g/mol. The minimum Gasteiger partial charge on any atom is -0.459 e. The normalized spacial score (nSPS) is 38.1. The van der Waals surface area contributed by atoms with Crippen LogP contribution in [0.3, 0.4) is 0 Å². The van der Waals surface area contributed by atoms with Crippen LogP contribution in [0, 0.1) is 17.8 Å². The number of aliphatic hydroxyl groups is 5. The van der Waals surface area contributed by atoms with E-state index in [-0.39, 0.29) is 31.0 Å². The molecule has 3 saturated heterocycles. The number of nitrogens with zero attached hydrogens (tertiary/aromatic N) is 5. The fourth-order valence-corrected chi connectivity index (χ4v) is 11.3. The zero-order valence-corrected chi connectivity index (χ0v) is 46.7. The third kappa shape index (κ3) is 15.7. The van der Waals surface area contributed by atoms with Gasteiger partial charge in [-0.2, -0.15) is 0 Å². The molecule has 3 fully saturated rings. The van der Waals surface area contributed by atoms with Crippen molar-refractivity contribution in [1.82, 2.24) is 24.8 Å². The third-order valence-corrected chi connectivity index (χ3v) is 16.1. The molecule has 3 aliphatic rings. The number of nitrogens with two attached hydrogens (primary N) is 2. The Morgan fingerprint density at radius 3 is 2.21 bits per heavy atom. The van der Waals surface area contributed by atoms with Crippen molar-refractivity contribution in [3.8, 4) is 11.1 Å². The van der Waals surface area contributed by atoms with Crippen LogP contribution in [0.5, 0.6) is 0 Å². The number of methoxy groups -OCH3 is 1. The van der Waals surface area contributed by atoms with Crippen LogP contribution in [0.4, 0.5) is 0 Å². The maximum Gasteiger partial charge on any atom is 0.311 e. The number of carbonyl (C=O) groups excluding carboxylic acids is 2. The zero-order valence-electron chi connectivity index (χ0n) is 46.7. The van der Waals surface area contributed by atoms with Crippen LogP contribution in [0.2, 0.25) is 0 Å². The van der Waals surface area contributed by atoms with Crippen LogP contribution in [-0.4, -0.2) is 193 Å². The number of hydrazine groups is 1. The van der Waals surface area contributed by atoms with E-state index in [1.807, 2.05) is 49.9 Å². The first-order valence-corrected chi connectivity index (χ1v) is 26.8. The van der Waals surface area contributed by atoms with Crippen LogP contribution >= 0.6 is 0 Å². The molecule has 20 nitrogen and oxygen atoms in total. The van der Waals surface area contributed by atoms with Crippen molar-refractivity contribution in [2.75, 3.05) is 40.8 Å². The van der Waals surface area contributed by atoms with Crippen molar-refractivity contribution in [3.63, 3.8) is 0 Å². The summed E-state index contributed by atoms with van der Waals surface area (Å²) in [4.78, 5) is 39.5. The molecular formula is C55H91N7O13. The second-order valence-electron chi connectivity index (χ2n) is 22.6. The highest BCUT2D eigenvalue weighted by atomic mass is 16.7. The SMILES string of the molecule is CC[C@H]1OC(=O)[C@H](C)[C@@H](O[C@H]2C[C@@](C)(OC)[C@@H](O)[C@H](C)O2)[C@H](C)[C@@H](O[C@@H]2O[C@H](C)C[C@H](N(C)CC/C(N)=C/N(N)CCCC(=O)c3ccc(-c4cncnc4)cc3)[C@H]2O)[C@](C)(O)C[C@@H](C)CN(C)[C@H](C)[C@@H](O)[C@]1(C)O. The van der Waals surface area contributed by atoms with E-state index in [0.29, 0.717) is 56.6 Å². The summed E-state index contributed by atoms with van der Waals surface area (Å²) < 4.78 is 38.2. The number of benzene rings is 1. The molecule has 0 amide bonds. The molecule has 18 atom stereocenters. The lowest BCUT2D eigenvalue weighted by atomic mass is 9.77. The van der Waals surface area contributed by atoms with Gasteiger partial charge in [0.2, 0.25) is 0 Å². The van der Waals surface area contributed by atoms with Gasteiger partial charge in [0.25, 0.3) is 0 Å². The van der Waals surface area contributed by atoms with Gasteiger partial charge in [0.05, 0.1) is 41.5 Å². The summed E-state index contributed by atoms with van der Waals surface area (Å²) in [7, 11) is 5.21. The molecule has 5 rings (SSSR count). The Balaban J connectivity index is 1.34. The Labute approximate surface area is 445 Å². The van der Waals surface area contributed by atoms with E-state index in [0.717, 1.165) is 11.1 Å². The summed E-state index contributed by atoms with van der Waals surface area (Å²) in [6, 6.07) is 6.29. The molecule has 0 saturated carbocycles. The van der Waals surface area contributed by atoms with Gasteiger partial charge in [0.1, 0.15) is 36.3 Å². The second kappa shape index (κ2) is 26.7. The fourth-order valence-electron chi connectivity index (χ4n) is 11.3. The lowest BCUT2D eigenvalue weighted by Gasteiger charge is -2.49. The molecule has 75 heavy (non-hydrogen) atoms. The van der Waals surface area contributed by atoms with Crippen molar-refractivity contribution in [1.29, 1.82) is 0 Å². The summed E-state index contributed by atoms with van der Waals surface area (Å²) in [5.74, 6) is 3.47. The highest BCUT2D eigenvalue weighted by molar-refractivity contribution is 5.96. The Hall–Kier alpha value is -3.74. The van der Waals surface area contributed by atoms with E-state index in [9.17, 15) is 35.1 Å². The zero-order chi connectivity index (χ0) is 55.7. The van der Waals surface area contributed by atoms with Crippen molar-refractivity contribution < 1.29 is 63.5 Å². The molecule has 0 unspecified atom stereocenters. The topological polar surface area (TPSA) is 278 Å². The van der Waals surface area contributed by atoms with Gasteiger partial charge < -0.3 is 74.5 Å². The molecule has 424 valence electrons. The molecule has 0 radical (unpaired) electrons. The third-order valence-electron chi connectivity index (χ3n) is 16.1. The Bertz CT molecular complexity index is 2140. The predicted octanol–water partition coefficient (Wildman–Crippen LogP) is 3.76. The fraction of sp³-hybridized carbons (Fsp3) is 0.745. The van der Waals surface area contributed by atoms with Gasteiger partial charge in [-0.15, -0.1) is 0 Å². The van der Waals surface area contributed by atoms with Gasteiger partial charge in [-0.25, -0.2) is 15.8 Å². The highest BCUT2D eigenvalue weighted by Gasteiger charge is 2.53. The quantitative estimate of drug-likeness (QED) is 0.0514. The number of carbonyl (C=O) groups is 2. The van der Waals surface area contributed by atoms with Crippen molar-refractivity contribution >= 4 is 11.8 Å². The number of ketones is 1. The van der Waals surface area contributed by atoms with Gasteiger partial charge in [-0.3, -0.25) is 9.59 Å². The second-order valence-corrected chi connectivity index (χ2v) is 22.6. The molecule has 4 heterocycles. The first kappa shape index (κ1) is 62.1. The van der Waals surface area contributed by atoms with Crippen molar-refractivity contribution in [3.05, 3.63) is 60.4 Å². The summed E-state index contributed by atoms with van der Waals surface area (Å²) in [5, 5.41) is 61.2. The highest BCUT2D eigenvalue weighted by Crippen LogP contribution is 2.40. The lowest BCUT2D eigenvalue weighted by molar-refractivity contribution is -0.318. The van der Waals surface area contributed by atoms with Gasteiger partial charge in [-0.1, -0.05) is 45.0 Å². The number of aromatic nitrogens is 2. The van der Waals surface area contributed by atoms with E-state index in [1.165, 1.54) is 25.4 Å². The molecule has 9 N–H and O–H groups in total. The van der Waals surface area contributed by atoms with E-state index in [4.69, 9.17) is 40.0 Å². The molecule has 3 aliphatic heterocycles. The van der Waals surface area contributed by atoms with E-state index < -0.39 is 108 Å². The number of hydrogen-bond acceptors (Lipinski definition) is 20. The lowest BCUT2D eigenvalue weighted by Crippen LogP contribution is -2.61. The van der Waals surface area contributed by atoms with Gasteiger partial charge in [0, 0.05) is 99.4 Å². The molecule has 0 spiro atoms. The van der Waals surface area contributed by atoms with E-state index in [2.05, 4.69) is 9.97 Å². The summed E-state index contributed by atoms with van der Waals surface area (Å²) >= 11 is 0. The van der Waals surface area contributed by atoms with E-state index >= 15 is 0 Å². The van der Waals surface area contributed by atoms with Gasteiger partial charge in [-0.05, 0) is 99.7 Å². The smallest absolute Gasteiger partial charge is 0.311 e. The van der Waals surface area contributed by atoms with Crippen LogP contribution in [0.1, 0.15) is 125 Å². The molecule has 20 heteroatoms. The van der Waals surface area contributed by atoms with Crippen molar-refractivity contribution in [2.45, 2.75) is 204 Å². The first-order valence-electron chi connectivity index (χ1n) is 26.8. The van der Waals surface area contributed by atoms with Gasteiger partial charge >= 0.3 is 5.97 Å². The molecule has 2 aromatic rings. The Morgan fingerprint density at radius 1 is 0.933 bits per heavy atom. The largest absolute Gasteiger partial charge is 0.459 e. The Kier molecular flexibility index (Phi) is 22.1. The summed E-state index contributed by atoms with van der Waals surface area (Å²) in [6.45, 7) is 18.7. The van der Waals surface area contributed by atoms with Crippen LogP contribution < -0.4 is 11.6 Å². The molecule has 1 aromatic heterocycles. The molecule has 1 aromatic carbocycles. The number of cyclic esters (lactones) is 1. The number of hydrogen-bond donors (Lipinski definition) is 7. The minimum atomic E-state index is -1.85. The summed E-state index contributed by atoms with van der Waals surface area (Å²) in [6.07, 6.45) is -1.58. The Morgan fingerprint density at radius 2 is 1.59 bits per heavy atom. The van der Waals surface area contributed by atoms with Gasteiger partial charge in [0.15, 0.2) is 18.4 Å². The number of rotatable bonds is 17. The van der Waals surface area contributed by atoms with Crippen LogP contribution in [0.25, 0.3) is 11.1 Å². The maximum absolute atomic E-state index is 14.5. The predicted molar refractivity (Wildman–Crippen MR) is 282 cm³/mol. The van der Waals surface area contributed by atoms with Crippen LogP contribution in [0.15, 0.2) is 54.9 Å². The first-order chi connectivity index (χ1) is 35.1. The molecule has 0 aliphatic carbocycles. The number of likely N-dealkylation sites (N-methyl/N-ethyl adjacent to an activating group) is 2. The number of aliphatic hydroxyl groups excluding tert-OH is 3. The van der Waals surface area contributed by atoms with E-state index in [1.54, 1.807) is 79.2 Å².